The summed E-state index contributed by atoms with van der Waals surface area (Å²) >= 11 is 0. The molecule has 0 bridgehead atoms. The highest BCUT2D eigenvalue weighted by molar-refractivity contribution is 5.53. The molecule has 1 rings (SSSR count). The van der Waals surface area contributed by atoms with Crippen LogP contribution in [0.4, 0.5) is 0 Å². The number of hydrogen-bond acceptors (Lipinski definition) is 4. The molecule has 0 aromatic heterocycles. The van der Waals surface area contributed by atoms with Crippen LogP contribution in [0.2, 0.25) is 0 Å². The molecule has 2 N–H and O–H groups in total. The number of allylic oxidation sites excluding steroid dienone is 2. The van der Waals surface area contributed by atoms with Crippen molar-refractivity contribution in [3.8, 4) is 5.75 Å². The monoisotopic (exact) mass is 235 g/mol. The van der Waals surface area contributed by atoms with Crippen molar-refractivity contribution in [3.05, 3.63) is 48.1 Å². The smallest absolute Gasteiger partial charge is 0.174 e. The van der Waals surface area contributed by atoms with E-state index in [-0.39, 0.29) is 0 Å². The van der Waals surface area contributed by atoms with Crippen molar-refractivity contribution in [1.29, 1.82) is 0 Å². The Morgan fingerprint density at radius 1 is 1.35 bits per heavy atom. The van der Waals surface area contributed by atoms with Crippen LogP contribution in [0.25, 0.3) is 6.08 Å². The summed E-state index contributed by atoms with van der Waals surface area (Å²) in [5, 5.41) is 9.10. The largest absolute Gasteiger partial charge is 0.409 e. The average Bonchev–Trinajstić information content (AvgIpc) is 2.35. The fourth-order valence-electron chi connectivity index (χ4n) is 1.20. The SMILES string of the molecule is CNOc1cccc(/C=C/C=C/C(O)OC)c1. The Hall–Kier alpha value is -1.62. The van der Waals surface area contributed by atoms with Crippen molar-refractivity contribution < 1.29 is 14.7 Å². The molecule has 0 saturated heterocycles. The van der Waals surface area contributed by atoms with Gasteiger partial charge in [0, 0.05) is 14.2 Å². The molecule has 17 heavy (non-hydrogen) atoms. The number of benzene rings is 1. The molecule has 0 saturated carbocycles. The lowest BCUT2D eigenvalue weighted by Gasteiger charge is -2.02. The third-order valence-electron chi connectivity index (χ3n) is 2.00. The quantitative estimate of drug-likeness (QED) is 0.448. The van der Waals surface area contributed by atoms with Gasteiger partial charge in [0.25, 0.3) is 0 Å². The summed E-state index contributed by atoms with van der Waals surface area (Å²) in [6, 6.07) is 7.62. The summed E-state index contributed by atoms with van der Waals surface area (Å²) < 4.78 is 4.66. The molecular formula is C13H17NO3. The van der Waals surface area contributed by atoms with Gasteiger partial charge in [0.1, 0.15) is 5.75 Å². The number of methoxy groups -OCH3 is 1. The van der Waals surface area contributed by atoms with Gasteiger partial charge in [0.05, 0.1) is 0 Å². The van der Waals surface area contributed by atoms with Gasteiger partial charge in [0.15, 0.2) is 6.29 Å². The molecule has 0 aliphatic rings. The Morgan fingerprint density at radius 3 is 2.88 bits per heavy atom. The Morgan fingerprint density at radius 2 is 2.18 bits per heavy atom. The molecule has 0 spiro atoms. The summed E-state index contributed by atoms with van der Waals surface area (Å²) in [5.74, 6) is 0.746. The van der Waals surface area contributed by atoms with Gasteiger partial charge in [-0.2, -0.15) is 5.48 Å². The predicted octanol–water partition coefficient (Wildman–Crippen LogP) is 1.73. The van der Waals surface area contributed by atoms with E-state index in [0.29, 0.717) is 0 Å². The maximum atomic E-state index is 9.10. The van der Waals surface area contributed by atoms with Crippen LogP contribution >= 0.6 is 0 Å². The summed E-state index contributed by atoms with van der Waals surface area (Å²) in [6.45, 7) is 0. The van der Waals surface area contributed by atoms with E-state index in [1.807, 2.05) is 36.4 Å². The van der Waals surface area contributed by atoms with Gasteiger partial charge in [-0.1, -0.05) is 30.4 Å². The topological polar surface area (TPSA) is 50.7 Å². The molecule has 1 aromatic rings. The first kappa shape index (κ1) is 13.4. The van der Waals surface area contributed by atoms with Gasteiger partial charge in [-0.3, -0.25) is 0 Å². The van der Waals surface area contributed by atoms with Crippen LogP contribution in [0.1, 0.15) is 5.56 Å². The van der Waals surface area contributed by atoms with Crippen LogP contribution in [0, 0.1) is 0 Å². The van der Waals surface area contributed by atoms with Crippen LogP contribution in [-0.4, -0.2) is 25.6 Å². The second kappa shape index (κ2) is 7.62. The van der Waals surface area contributed by atoms with Crippen LogP contribution in [0.3, 0.4) is 0 Å². The fourth-order valence-corrected chi connectivity index (χ4v) is 1.20. The zero-order chi connectivity index (χ0) is 12.5. The van der Waals surface area contributed by atoms with Crippen LogP contribution in [0.5, 0.6) is 5.75 Å². The predicted molar refractivity (Wildman–Crippen MR) is 67.3 cm³/mol. The van der Waals surface area contributed by atoms with E-state index in [2.05, 4.69) is 10.2 Å². The molecule has 0 aliphatic heterocycles. The van der Waals surface area contributed by atoms with E-state index in [0.717, 1.165) is 11.3 Å². The summed E-state index contributed by atoms with van der Waals surface area (Å²) in [6.07, 6.45) is 6.13. The van der Waals surface area contributed by atoms with Gasteiger partial charge < -0.3 is 14.7 Å². The molecule has 0 fully saturated rings. The normalized spacial score (nSPS) is 13.4. The van der Waals surface area contributed by atoms with Crippen molar-refractivity contribution in [2.75, 3.05) is 14.2 Å². The zero-order valence-corrected chi connectivity index (χ0v) is 9.96. The van der Waals surface area contributed by atoms with Crippen LogP contribution in [0.15, 0.2) is 42.5 Å². The molecular weight excluding hydrogens is 218 g/mol. The molecule has 0 heterocycles. The third-order valence-corrected chi connectivity index (χ3v) is 2.00. The first-order valence-corrected chi connectivity index (χ1v) is 5.25. The molecule has 1 aromatic carbocycles. The second-order valence-electron chi connectivity index (χ2n) is 3.25. The highest BCUT2D eigenvalue weighted by Crippen LogP contribution is 2.13. The number of aliphatic hydroxyl groups excluding tert-OH is 1. The van der Waals surface area contributed by atoms with E-state index in [4.69, 9.17) is 9.94 Å². The van der Waals surface area contributed by atoms with Gasteiger partial charge in [0.2, 0.25) is 0 Å². The minimum atomic E-state index is -0.862. The number of aliphatic hydroxyl groups is 1. The van der Waals surface area contributed by atoms with Gasteiger partial charge in [-0.25, -0.2) is 0 Å². The molecule has 1 unspecified atom stereocenters. The number of nitrogens with one attached hydrogen (secondary N) is 1. The van der Waals surface area contributed by atoms with Crippen LogP contribution < -0.4 is 10.3 Å². The van der Waals surface area contributed by atoms with Crippen LogP contribution in [-0.2, 0) is 4.74 Å². The molecule has 1 atom stereocenters. The first-order valence-electron chi connectivity index (χ1n) is 5.25. The summed E-state index contributed by atoms with van der Waals surface area (Å²) in [4.78, 5) is 5.15. The van der Waals surface area contributed by atoms with E-state index < -0.39 is 6.29 Å². The minimum absolute atomic E-state index is 0.746. The van der Waals surface area contributed by atoms with E-state index in [1.54, 1.807) is 19.2 Å². The number of ether oxygens (including phenoxy) is 1. The van der Waals surface area contributed by atoms with Crippen molar-refractivity contribution >= 4 is 6.08 Å². The standard InChI is InChI=1S/C13H17NO3/c1-14-17-12-8-5-7-11(10-12)6-3-4-9-13(15)16-2/h3-10,13-15H,1-2H3/b6-3+,9-4+. The number of hydroxylamine groups is 1. The highest BCUT2D eigenvalue weighted by atomic mass is 16.6. The Balaban J connectivity index is 2.58. The van der Waals surface area contributed by atoms with Gasteiger partial charge in [-0.05, 0) is 23.8 Å². The van der Waals surface area contributed by atoms with Crippen molar-refractivity contribution in [3.63, 3.8) is 0 Å². The third kappa shape index (κ3) is 5.31. The first-order chi connectivity index (χ1) is 8.26. The van der Waals surface area contributed by atoms with E-state index in [9.17, 15) is 0 Å². The lowest BCUT2D eigenvalue weighted by molar-refractivity contribution is -0.0356. The second-order valence-corrected chi connectivity index (χ2v) is 3.25. The molecule has 4 nitrogen and oxygen atoms in total. The molecule has 0 aliphatic carbocycles. The van der Waals surface area contributed by atoms with Crippen molar-refractivity contribution in [2.24, 2.45) is 0 Å². The fraction of sp³-hybridized carbons (Fsp3) is 0.231. The van der Waals surface area contributed by atoms with Gasteiger partial charge >= 0.3 is 0 Å². The van der Waals surface area contributed by atoms with Crippen molar-refractivity contribution in [1.82, 2.24) is 5.48 Å². The summed E-state index contributed by atoms with van der Waals surface area (Å²) in [7, 11) is 3.15. The maximum Gasteiger partial charge on any atom is 0.174 e. The van der Waals surface area contributed by atoms with Gasteiger partial charge in [-0.15, -0.1) is 0 Å². The zero-order valence-electron chi connectivity index (χ0n) is 9.96. The lowest BCUT2D eigenvalue weighted by atomic mass is 10.2. The Labute approximate surface area is 101 Å². The average molecular weight is 235 g/mol. The minimum Gasteiger partial charge on any atom is -0.409 e. The Bertz CT molecular complexity index is 388. The molecule has 92 valence electrons. The Kier molecular flexibility index (Phi) is 6.03. The maximum absolute atomic E-state index is 9.10. The molecule has 0 amide bonds. The highest BCUT2D eigenvalue weighted by Gasteiger charge is 1.93. The molecule has 4 heteroatoms. The lowest BCUT2D eigenvalue weighted by Crippen LogP contribution is -2.10. The summed E-state index contributed by atoms with van der Waals surface area (Å²) in [5.41, 5.74) is 3.62. The molecule has 0 radical (unpaired) electrons. The number of hydrogen-bond donors (Lipinski definition) is 2. The number of rotatable bonds is 6. The van der Waals surface area contributed by atoms with E-state index in [1.165, 1.54) is 7.11 Å². The van der Waals surface area contributed by atoms with E-state index >= 15 is 0 Å². The van der Waals surface area contributed by atoms with Crippen molar-refractivity contribution in [2.45, 2.75) is 6.29 Å².